The third kappa shape index (κ3) is 2.36. The van der Waals surface area contributed by atoms with Crippen molar-refractivity contribution in [2.45, 2.75) is 75.6 Å². The number of aliphatic hydroxyl groups excluding tert-OH is 3. The Balaban J connectivity index is 1.63. The third-order valence-electron chi connectivity index (χ3n) is 11.2. The quantitative estimate of drug-likeness (QED) is 0.502. The summed E-state index contributed by atoms with van der Waals surface area (Å²) in [5, 5.41) is 35.6. The summed E-state index contributed by atoms with van der Waals surface area (Å²) in [6.07, 6.45) is 0.428. The summed E-state index contributed by atoms with van der Waals surface area (Å²) in [6, 6.07) is -0.107. The van der Waals surface area contributed by atoms with Crippen molar-refractivity contribution in [1.82, 2.24) is 4.90 Å². The summed E-state index contributed by atoms with van der Waals surface area (Å²) in [7, 11) is 3.38. The first-order chi connectivity index (χ1) is 15.7. The largest absolute Gasteiger partial charge is 0.458 e. The molecule has 13 atom stereocenters. The molecule has 0 amide bonds. The minimum atomic E-state index is -1.01. The zero-order valence-electron chi connectivity index (χ0n) is 20.1. The molecule has 5 saturated carbocycles. The van der Waals surface area contributed by atoms with Crippen molar-refractivity contribution in [2.75, 3.05) is 33.9 Å². The first-order valence-electron chi connectivity index (χ1n) is 12.7. The SMILES string of the molecule is CCN1C[C@]2(COC)CC[C@H](O)[C@@]34[C@@H]5C[C@H]6[C@H](O)[C@@H]5[C@](OC(C)=O)(C[C@@H]6OC)[C@@H]([C@H](O)[C@H]23)[C@@H]14. The maximum Gasteiger partial charge on any atom is 0.303 e. The molecular formula is C25H39NO7. The average Bonchev–Trinajstić information content (AvgIpc) is 3.15. The monoisotopic (exact) mass is 465 g/mol. The van der Waals surface area contributed by atoms with Gasteiger partial charge in [0.1, 0.15) is 5.60 Å². The lowest BCUT2D eigenvalue weighted by molar-refractivity contribution is -0.277. The number of hydrogen-bond donors (Lipinski definition) is 3. The van der Waals surface area contributed by atoms with Crippen LogP contribution < -0.4 is 0 Å². The van der Waals surface area contributed by atoms with E-state index in [0.717, 1.165) is 25.9 Å². The Labute approximate surface area is 195 Å². The van der Waals surface area contributed by atoms with Gasteiger partial charge in [-0.3, -0.25) is 9.69 Å². The Kier molecular flexibility index (Phi) is 4.91. The highest BCUT2D eigenvalue weighted by Crippen LogP contribution is 2.79. The summed E-state index contributed by atoms with van der Waals surface area (Å²) in [6.45, 7) is 5.68. The number of esters is 1. The minimum absolute atomic E-state index is 0.0543. The molecule has 6 rings (SSSR count). The summed E-state index contributed by atoms with van der Waals surface area (Å²) >= 11 is 0. The van der Waals surface area contributed by atoms with Crippen LogP contribution in [0.3, 0.4) is 0 Å². The molecule has 3 N–H and O–H groups in total. The van der Waals surface area contributed by atoms with E-state index < -0.39 is 29.3 Å². The fourth-order valence-electron chi connectivity index (χ4n) is 10.9. The van der Waals surface area contributed by atoms with Crippen LogP contribution in [0.2, 0.25) is 0 Å². The molecule has 0 aromatic rings. The molecule has 1 saturated heterocycles. The van der Waals surface area contributed by atoms with Crippen molar-refractivity contribution >= 4 is 5.97 Å². The molecule has 1 aliphatic heterocycles. The predicted octanol–water partition coefficient (Wildman–Crippen LogP) is 0.419. The minimum Gasteiger partial charge on any atom is -0.458 e. The van der Waals surface area contributed by atoms with E-state index >= 15 is 0 Å². The van der Waals surface area contributed by atoms with E-state index in [1.165, 1.54) is 6.92 Å². The Hall–Kier alpha value is -0.770. The van der Waals surface area contributed by atoms with Crippen LogP contribution in [0.5, 0.6) is 0 Å². The molecule has 6 aliphatic rings. The molecule has 0 aromatic heterocycles. The van der Waals surface area contributed by atoms with Gasteiger partial charge < -0.3 is 29.5 Å². The summed E-state index contributed by atoms with van der Waals surface area (Å²) in [5.74, 6) is -1.33. The van der Waals surface area contributed by atoms with Crippen molar-refractivity contribution in [3.8, 4) is 0 Å². The lowest BCUT2D eigenvalue weighted by Gasteiger charge is -2.69. The molecule has 1 spiro atoms. The first-order valence-corrected chi connectivity index (χ1v) is 12.7. The van der Waals surface area contributed by atoms with Gasteiger partial charge in [-0.15, -0.1) is 0 Å². The Morgan fingerprint density at radius 2 is 1.91 bits per heavy atom. The van der Waals surface area contributed by atoms with Crippen LogP contribution in [0.25, 0.3) is 0 Å². The zero-order chi connectivity index (χ0) is 23.5. The number of methoxy groups -OCH3 is 2. The second kappa shape index (κ2) is 7.14. The number of aliphatic hydroxyl groups is 3. The second-order valence-electron chi connectivity index (χ2n) is 11.9. The zero-order valence-corrected chi connectivity index (χ0v) is 20.1. The normalized spacial score (nSPS) is 58.4. The number of likely N-dealkylation sites (tertiary alicyclic amines) is 1. The molecule has 5 aliphatic carbocycles. The number of carbonyl (C=O) groups is 1. The summed E-state index contributed by atoms with van der Waals surface area (Å²) < 4.78 is 17.9. The molecule has 0 aromatic carbocycles. The van der Waals surface area contributed by atoms with Gasteiger partial charge in [0.05, 0.1) is 31.0 Å². The molecule has 7 bridgehead atoms. The highest BCUT2D eigenvalue weighted by Gasteiger charge is 2.87. The second-order valence-corrected chi connectivity index (χ2v) is 11.9. The smallest absolute Gasteiger partial charge is 0.303 e. The van der Waals surface area contributed by atoms with E-state index in [9.17, 15) is 20.1 Å². The Morgan fingerprint density at radius 1 is 1.15 bits per heavy atom. The van der Waals surface area contributed by atoms with Crippen molar-refractivity contribution < 1.29 is 34.3 Å². The number of hydrogen-bond acceptors (Lipinski definition) is 8. The predicted molar refractivity (Wildman–Crippen MR) is 117 cm³/mol. The maximum atomic E-state index is 12.6. The van der Waals surface area contributed by atoms with Gasteiger partial charge >= 0.3 is 5.97 Å². The van der Waals surface area contributed by atoms with Crippen LogP contribution >= 0.6 is 0 Å². The van der Waals surface area contributed by atoms with E-state index in [1.54, 1.807) is 14.2 Å². The Morgan fingerprint density at radius 3 is 2.55 bits per heavy atom. The fraction of sp³-hybridized carbons (Fsp3) is 0.960. The lowest BCUT2D eigenvalue weighted by Crippen LogP contribution is -2.76. The van der Waals surface area contributed by atoms with Gasteiger partial charge in [-0.1, -0.05) is 6.92 Å². The number of fused-ring (bicyclic) bond motifs is 2. The van der Waals surface area contributed by atoms with Gasteiger partial charge in [-0.25, -0.2) is 0 Å². The van der Waals surface area contributed by atoms with E-state index in [4.69, 9.17) is 14.2 Å². The van der Waals surface area contributed by atoms with Crippen LogP contribution in [-0.2, 0) is 19.0 Å². The fourth-order valence-corrected chi connectivity index (χ4v) is 10.9. The van der Waals surface area contributed by atoms with Gasteiger partial charge in [0.2, 0.25) is 0 Å². The van der Waals surface area contributed by atoms with Crippen molar-refractivity contribution in [3.05, 3.63) is 0 Å². The van der Waals surface area contributed by atoms with Crippen LogP contribution in [0.15, 0.2) is 0 Å². The molecule has 1 heterocycles. The summed E-state index contributed by atoms with van der Waals surface area (Å²) in [4.78, 5) is 15.0. The van der Waals surface area contributed by atoms with E-state index in [1.807, 2.05) is 0 Å². The number of nitrogens with zero attached hydrogens (tertiary/aromatic N) is 1. The summed E-state index contributed by atoms with van der Waals surface area (Å²) in [5.41, 5.74) is -1.83. The van der Waals surface area contributed by atoms with Gasteiger partial charge in [0.15, 0.2) is 0 Å². The topological polar surface area (TPSA) is 109 Å². The number of rotatable bonds is 5. The molecule has 0 unspecified atom stereocenters. The van der Waals surface area contributed by atoms with Crippen LogP contribution in [-0.4, -0.2) is 96.2 Å². The van der Waals surface area contributed by atoms with E-state index in [2.05, 4.69) is 11.8 Å². The van der Waals surface area contributed by atoms with Crippen LogP contribution in [0.4, 0.5) is 0 Å². The number of ether oxygens (including phenoxy) is 3. The number of piperidine rings is 1. The third-order valence-corrected chi connectivity index (χ3v) is 11.2. The van der Waals surface area contributed by atoms with Gasteiger partial charge in [-0.05, 0) is 31.7 Å². The van der Waals surface area contributed by atoms with Gasteiger partial charge in [0.25, 0.3) is 0 Å². The van der Waals surface area contributed by atoms with Crippen LogP contribution in [0.1, 0.15) is 39.5 Å². The molecule has 186 valence electrons. The van der Waals surface area contributed by atoms with Crippen molar-refractivity contribution in [2.24, 2.45) is 40.4 Å². The van der Waals surface area contributed by atoms with Crippen molar-refractivity contribution in [1.29, 1.82) is 0 Å². The Bertz CT molecular complexity index is 840. The van der Waals surface area contributed by atoms with E-state index in [0.29, 0.717) is 19.4 Å². The van der Waals surface area contributed by atoms with E-state index in [-0.39, 0.29) is 53.1 Å². The molecule has 8 nitrogen and oxygen atoms in total. The molecule has 6 fully saturated rings. The van der Waals surface area contributed by atoms with Gasteiger partial charge in [-0.2, -0.15) is 0 Å². The highest BCUT2D eigenvalue weighted by molar-refractivity contribution is 5.67. The van der Waals surface area contributed by atoms with Gasteiger partial charge in [0, 0.05) is 74.7 Å². The molecular weight excluding hydrogens is 426 g/mol. The number of carbonyl (C=O) groups excluding carboxylic acids is 1. The first kappa shape index (κ1) is 22.7. The average molecular weight is 466 g/mol. The van der Waals surface area contributed by atoms with Crippen LogP contribution in [0, 0.1) is 40.4 Å². The standard InChI is InChI=1S/C25H39NO7/c1-5-26-10-23(11-31-3)7-6-16(28)25-14-8-13-15(32-4)9-24(33-12(2)27,17(14)19(13)29)18(22(25)26)20(30)21(23)25/h13-22,28-30H,5-11H2,1-4H3/t13-,14-,15+,16+,17-,18+,19+,20+,21-,22-,23+,24-,25+/m1/s1. The highest BCUT2D eigenvalue weighted by atomic mass is 16.6. The molecule has 8 heteroatoms. The lowest BCUT2D eigenvalue weighted by atomic mass is 9.43. The molecule has 33 heavy (non-hydrogen) atoms. The van der Waals surface area contributed by atoms with Crippen molar-refractivity contribution in [3.63, 3.8) is 0 Å². The maximum absolute atomic E-state index is 12.6. The molecule has 0 radical (unpaired) electrons.